The molecule has 1 aromatic heterocycles. The lowest BCUT2D eigenvalue weighted by Crippen LogP contribution is -2.10. The molecule has 0 spiro atoms. The predicted molar refractivity (Wildman–Crippen MR) is 62.6 cm³/mol. The zero-order valence-corrected chi connectivity index (χ0v) is 9.53. The number of carbonyl (C=O) groups is 1. The Hall–Kier alpha value is -2.37. The fraction of sp³-hybridized carbons (Fsp3) is 0.182. The van der Waals surface area contributed by atoms with Gasteiger partial charge in [0.15, 0.2) is 5.69 Å². The highest BCUT2D eigenvalue weighted by molar-refractivity contribution is 5.85. The van der Waals surface area contributed by atoms with Crippen LogP contribution in [0.4, 0.5) is 5.69 Å². The Kier molecular flexibility index (Phi) is 2.78. The molecule has 0 atom stereocenters. The summed E-state index contributed by atoms with van der Waals surface area (Å²) < 4.78 is 1.29. The SMILES string of the molecule is CN(C)c1ccc(-n2nncc2C(=O)O)cc1. The summed E-state index contributed by atoms with van der Waals surface area (Å²) in [5.41, 5.74) is 1.75. The van der Waals surface area contributed by atoms with Crippen molar-refractivity contribution in [3.8, 4) is 5.69 Å². The van der Waals surface area contributed by atoms with Gasteiger partial charge in [0.1, 0.15) is 0 Å². The van der Waals surface area contributed by atoms with Crippen LogP contribution in [-0.4, -0.2) is 40.2 Å². The Labute approximate surface area is 98.1 Å². The van der Waals surface area contributed by atoms with Crippen molar-refractivity contribution in [1.29, 1.82) is 0 Å². The van der Waals surface area contributed by atoms with Crippen molar-refractivity contribution in [2.75, 3.05) is 19.0 Å². The van der Waals surface area contributed by atoms with Crippen LogP contribution in [0.3, 0.4) is 0 Å². The third-order valence-electron chi connectivity index (χ3n) is 2.38. The minimum atomic E-state index is -1.05. The predicted octanol–water partition coefficient (Wildman–Crippen LogP) is 1.03. The van der Waals surface area contributed by atoms with E-state index in [4.69, 9.17) is 5.11 Å². The van der Waals surface area contributed by atoms with E-state index in [0.717, 1.165) is 5.69 Å². The van der Waals surface area contributed by atoms with Crippen molar-refractivity contribution in [2.45, 2.75) is 0 Å². The molecule has 2 rings (SSSR count). The molecule has 6 heteroatoms. The molecule has 1 heterocycles. The molecule has 0 saturated heterocycles. The lowest BCUT2D eigenvalue weighted by Gasteiger charge is -2.12. The van der Waals surface area contributed by atoms with Gasteiger partial charge in [-0.05, 0) is 24.3 Å². The summed E-state index contributed by atoms with van der Waals surface area (Å²) in [5.74, 6) is -1.05. The average Bonchev–Trinajstić information content (AvgIpc) is 2.78. The molecule has 17 heavy (non-hydrogen) atoms. The lowest BCUT2D eigenvalue weighted by atomic mass is 10.2. The second-order valence-corrected chi connectivity index (χ2v) is 3.75. The van der Waals surface area contributed by atoms with Crippen LogP contribution in [0.25, 0.3) is 5.69 Å². The quantitative estimate of drug-likeness (QED) is 0.855. The number of anilines is 1. The van der Waals surface area contributed by atoms with Crippen LogP contribution in [0.2, 0.25) is 0 Å². The van der Waals surface area contributed by atoms with Gasteiger partial charge in [-0.1, -0.05) is 5.21 Å². The molecule has 88 valence electrons. The van der Waals surface area contributed by atoms with Crippen molar-refractivity contribution in [1.82, 2.24) is 15.0 Å². The van der Waals surface area contributed by atoms with Crippen LogP contribution in [0, 0.1) is 0 Å². The second-order valence-electron chi connectivity index (χ2n) is 3.75. The van der Waals surface area contributed by atoms with Crippen molar-refractivity contribution >= 4 is 11.7 Å². The van der Waals surface area contributed by atoms with Gasteiger partial charge in [-0.3, -0.25) is 0 Å². The number of carboxylic acid groups (broad SMARTS) is 1. The number of carboxylic acids is 1. The summed E-state index contributed by atoms with van der Waals surface area (Å²) in [6.45, 7) is 0. The fourth-order valence-corrected chi connectivity index (χ4v) is 1.46. The summed E-state index contributed by atoms with van der Waals surface area (Å²) in [4.78, 5) is 12.9. The molecule has 0 unspecified atom stereocenters. The molecular formula is C11H12N4O2. The van der Waals surface area contributed by atoms with E-state index in [1.54, 1.807) is 12.1 Å². The van der Waals surface area contributed by atoms with E-state index in [1.165, 1.54) is 10.9 Å². The van der Waals surface area contributed by atoms with E-state index < -0.39 is 5.97 Å². The smallest absolute Gasteiger partial charge is 0.356 e. The summed E-state index contributed by atoms with van der Waals surface area (Å²) in [7, 11) is 3.88. The van der Waals surface area contributed by atoms with Crippen LogP contribution >= 0.6 is 0 Å². The molecule has 0 fully saturated rings. The maximum atomic E-state index is 10.9. The lowest BCUT2D eigenvalue weighted by molar-refractivity contribution is 0.0687. The van der Waals surface area contributed by atoms with Crippen molar-refractivity contribution in [3.05, 3.63) is 36.2 Å². The van der Waals surface area contributed by atoms with Crippen LogP contribution in [-0.2, 0) is 0 Å². The molecule has 6 nitrogen and oxygen atoms in total. The molecule has 0 aliphatic heterocycles. The second kappa shape index (κ2) is 4.25. The molecule has 0 bridgehead atoms. The van der Waals surface area contributed by atoms with Crippen molar-refractivity contribution in [3.63, 3.8) is 0 Å². The fourth-order valence-electron chi connectivity index (χ4n) is 1.46. The summed E-state index contributed by atoms with van der Waals surface area (Å²) in [5, 5.41) is 16.3. The van der Waals surface area contributed by atoms with Gasteiger partial charge in [0.25, 0.3) is 0 Å². The average molecular weight is 232 g/mol. The van der Waals surface area contributed by atoms with Gasteiger partial charge in [-0.25, -0.2) is 9.48 Å². The van der Waals surface area contributed by atoms with E-state index in [1.807, 2.05) is 31.1 Å². The highest BCUT2D eigenvalue weighted by atomic mass is 16.4. The van der Waals surface area contributed by atoms with Gasteiger partial charge in [0, 0.05) is 19.8 Å². The first kappa shape index (κ1) is 11.1. The van der Waals surface area contributed by atoms with Crippen molar-refractivity contribution < 1.29 is 9.90 Å². The highest BCUT2D eigenvalue weighted by Crippen LogP contribution is 2.15. The molecular weight excluding hydrogens is 220 g/mol. The normalized spacial score (nSPS) is 10.2. The van der Waals surface area contributed by atoms with E-state index >= 15 is 0 Å². The van der Waals surface area contributed by atoms with Crippen LogP contribution < -0.4 is 4.90 Å². The Balaban J connectivity index is 2.40. The van der Waals surface area contributed by atoms with Gasteiger partial charge in [-0.15, -0.1) is 5.10 Å². The number of nitrogens with zero attached hydrogens (tertiary/aromatic N) is 4. The number of benzene rings is 1. The van der Waals surface area contributed by atoms with Gasteiger partial charge in [-0.2, -0.15) is 0 Å². The first-order valence-corrected chi connectivity index (χ1v) is 5.01. The van der Waals surface area contributed by atoms with E-state index in [2.05, 4.69) is 10.3 Å². The van der Waals surface area contributed by atoms with Gasteiger partial charge < -0.3 is 10.0 Å². The monoisotopic (exact) mass is 232 g/mol. The molecule has 0 amide bonds. The molecule has 0 aliphatic rings. The zero-order chi connectivity index (χ0) is 12.4. The largest absolute Gasteiger partial charge is 0.476 e. The topological polar surface area (TPSA) is 71.2 Å². The van der Waals surface area contributed by atoms with E-state index in [0.29, 0.717) is 5.69 Å². The highest BCUT2D eigenvalue weighted by Gasteiger charge is 2.12. The summed E-state index contributed by atoms with van der Waals surface area (Å²) >= 11 is 0. The molecule has 1 aromatic carbocycles. The molecule has 1 N–H and O–H groups in total. The minimum absolute atomic E-state index is 0.0441. The zero-order valence-electron chi connectivity index (χ0n) is 9.53. The standard InChI is InChI=1S/C11H12N4O2/c1-14(2)8-3-5-9(6-4-8)15-10(11(16)17)7-12-13-15/h3-7H,1-2H3,(H,16,17). The summed E-state index contributed by atoms with van der Waals surface area (Å²) in [6.07, 6.45) is 1.22. The molecule has 0 aliphatic carbocycles. The number of aromatic nitrogens is 3. The first-order valence-electron chi connectivity index (χ1n) is 5.01. The van der Waals surface area contributed by atoms with Crippen LogP contribution in [0.15, 0.2) is 30.5 Å². The van der Waals surface area contributed by atoms with Crippen molar-refractivity contribution in [2.24, 2.45) is 0 Å². The Morgan fingerprint density at radius 1 is 1.29 bits per heavy atom. The molecule has 0 saturated carbocycles. The van der Waals surface area contributed by atoms with E-state index in [-0.39, 0.29) is 5.69 Å². The van der Waals surface area contributed by atoms with Gasteiger partial charge >= 0.3 is 5.97 Å². The Bertz CT molecular complexity index is 531. The van der Waals surface area contributed by atoms with Gasteiger partial charge in [0.05, 0.1) is 11.9 Å². The van der Waals surface area contributed by atoms with Crippen LogP contribution in [0.5, 0.6) is 0 Å². The molecule has 0 radical (unpaired) electrons. The maximum Gasteiger partial charge on any atom is 0.356 e. The Morgan fingerprint density at radius 3 is 2.47 bits per heavy atom. The van der Waals surface area contributed by atoms with E-state index in [9.17, 15) is 4.79 Å². The maximum absolute atomic E-state index is 10.9. The third-order valence-corrected chi connectivity index (χ3v) is 2.38. The number of aromatic carboxylic acids is 1. The Morgan fingerprint density at radius 2 is 1.94 bits per heavy atom. The summed E-state index contributed by atoms with van der Waals surface area (Å²) in [6, 6.07) is 7.39. The third kappa shape index (κ3) is 2.10. The first-order chi connectivity index (χ1) is 8.09. The molecule has 2 aromatic rings. The minimum Gasteiger partial charge on any atom is -0.476 e. The van der Waals surface area contributed by atoms with Gasteiger partial charge in [0.2, 0.25) is 0 Å². The number of hydrogen-bond donors (Lipinski definition) is 1. The number of rotatable bonds is 3. The number of hydrogen-bond acceptors (Lipinski definition) is 4. The van der Waals surface area contributed by atoms with Crippen LogP contribution in [0.1, 0.15) is 10.5 Å².